The van der Waals surface area contributed by atoms with Crippen molar-refractivity contribution in [3.05, 3.63) is 6.33 Å². The SMILES string of the molecule is COc1nc(N)c2ncn([C@@H]3O[C@H](CO)CC3O)c2n1. The van der Waals surface area contributed by atoms with Crippen molar-refractivity contribution in [2.24, 2.45) is 0 Å². The third-order valence-electron chi connectivity index (χ3n) is 3.25. The van der Waals surface area contributed by atoms with Gasteiger partial charge in [0.1, 0.15) is 6.10 Å². The minimum Gasteiger partial charge on any atom is -0.467 e. The second kappa shape index (κ2) is 4.85. The van der Waals surface area contributed by atoms with Crippen molar-refractivity contribution >= 4 is 17.0 Å². The molecule has 1 fully saturated rings. The van der Waals surface area contributed by atoms with E-state index in [1.165, 1.54) is 13.4 Å². The van der Waals surface area contributed by atoms with Crippen LogP contribution in [-0.4, -0.2) is 55.7 Å². The molecule has 0 radical (unpaired) electrons. The first-order valence-electron chi connectivity index (χ1n) is 6.12. The molecule has 9 nitrogen and oxygen atoms in total. The molecule has 9 heteroatoms. The van der Waals surface area contributed by atoms with E-state index in [-0.39, 0.29) is 18.4 Å². The molecular weight excluding hydrogens is 266 g/mol. The molecular formula is C11H15N5O4. The average Bonchev–Trinajstić information content (AvgIpc) is 3.01. The number of nitrogens with zero attached hydrogens (tertiary/aromatic N) is 4. The van der Waals surface area contributed by atoms with Crippen LogP contribution in [-0.2, 0) is 4.74 Å². The highest BCUT2D eigenvalue weighted by Crippen LogP contribution is 2.31. The molecule has 2 aromatic heterocycles. The third-order valence-corrected chi connectivity index (χ3v) is 3.25. The molecule has 0 aliphatic carbocycles. The molecule has 2 aromatic rings. The summed E-state index contributed by atoms with van der Waals surface area (Å²) in [6, 6.07) is 0.114. The summed E-state index contributed by atoms with van der Waals surface area (Å²) in [5.74, 6) is 0.191. The minimum absolute atomic E-state index is 0.114. The fraction of sp³-hybridized carbons (Fsp3) is 0.545. The lowest BCUT2D eigenvalue weighted by molar-refractivity contribution is -0.0487. The van der Waals surface area contributed by atoms with E-state index in [0.29, 0.717) is 17.6 Å². The first kappa shape index (κ1) is 13.0. The van der Waals surface area contributed by atoms with Gasteiger partial charge in [0.2, 0.25) is 0 Å². The van der Waals surface area contributed by atoms with E-state index in [4.69, 9.17) is 20.3 Å². The van der Waals surface area contributed by atoms with Gasteiger partial charge in [0.25, 0.3) is 0 Å². The molecule has 1 aliphatic heterocycles. The fourth-order valence-corrected chi connectivity index (χ4v) is 2.29. The highest BCUT2D eigenvalue weighted by molar-refractivity contribution is 5.82. The van der Waals surface area contributed by atoms with Crippen LogP contribution in [0.5, 0.6) is 6.01 Å². The number of fused-ring (bicyclic) bond motifs is 1. The number of anilines is 1. The summed E-state index contributed by atoms with van der Waals surface area (Å²) in [6.07, 6.45) is -0.0159. The molecule has 108 valence electrons. The summed E-state index contributed by atoms with van der Waals surface area (Å²) in [5.41, 5.74) is 6.61. The van der Waals surface area contributed by atoms with E-state index < -0.39 is 18.4 Å². The van der Waals surface area contributed by atoms with E-state index in [1.807, 2.05) is 0 Å². The predicted octanol–water partition coefficient (Wildman–Crippen LogP) is -0.942. The molecule has 4 N–H and O–H groups in total. The first-order valence-corrected chi connectivity index (χ1v) is 6.12. The molecule has 1 aliphatic rings. The number of aromatic nitrogens is 4. The Balaban J connectivity index is 2.06. The van der Waals surface area contributed by atoms with Crippen LogP contribution in [0.1, 0.15) is 12.6 Å². The van der Waals surface area contributed by atoms with Crippen LogP contribution in [0, 0.1) is 0 Å². The van der Waals surface area contributed by atoms with Crippen LogP contribution in [0.25, 0.3) is 11.2 Å². The normalized spacial score (nSPS) is 26.2. The number of hydrogen-bond donors (Lipinski definition) is 3. The van der Waals surface area contributed by atoms with Crippen LogP contribution in [0.3, 0.4) is 0 Å². The number of aliphatic hydroxyl groups is 2. The Labute approximate surface area is 114 Å². The topological polar surface area (TPSA) is 129 Å². The van der Waals surface area contributed by atoms with Crippen LogP contribution in [0.15, 0.2) is 6.33 Å². The number of methoxy groups -OCH3 is 1. The van der Waals surface area contributed by atoms with Crippen LogP contribution < -0.4 is 10.5 Å². The summed E-state index contributed by atoms with van der Waals surface area (Å²) < 4.78 is 12.1. The second-order valence-electron chi connectivity index (χ2n) is 4.55. The van der Waals surface area contributed by atoms with Crippen molar-refractivity contribution in [2.75, 3.05) is 19.5 Å². The minimum atomic E-state index is -0.758. The standard InChI is InChI=1S/C11H15N5O4/c1-19-11-14-8(12)7-9(15-11)16(4-13-7)10-6(18)2-5(3-17)20-10/h4-6,10,17-18H,2-3H2,1H3,(H2,12,14,15)/t5-,6?,10+/m0/s1. The van der Waals surface area contributed by atoms with Gasteiger partial charge in [-0.15, -0.1) is 0 Å². The summed E-state index contributed by atoms with van der Waals surface area (Å²) in [6.45, 7) is -0.152. The molecule has 20 heavy (non-hydrogen) atoms. The fourth-order valence-electron chi connectivity index (χ4n) is 2.29. The zero-order valence-electron chi connectivity index (χ0n) is 10.8. The van der Waals surface area contributed by atoms with E-state index in [0.717, 1.165) is 0 Å². The molecule has 0 spiro atoms. The Morgan fingerprint density at radius 3 is 3.00 bits per heavy atom. The average molecular weight is 281 g/mol. The van der Waals surface area contributed by atoms with Gasteiger partial charge >= 0.3 is 6.01 Å². The van der Waals surface area contributed by atoms with E-state index in [9.17, 15) is 5.11 Å². The molecule has 0 aromatic carbocycles. The van der Waals surface area contributed by atoms with Crippen LogP contribution >= 0.6 is 0 Å². The number of nitrogens with two attached hydrogens (primary N) is 1. The number of aliphatic hydroxyl groups excluding tert-OH is 2. The summed E-state index contributed by atoms with van der Waals surface area (Å²) >= 11 is 0. The van der Waals surface area contributed by atoms with Crippen LogP contribution in [0.4, 0.5) is 5.82 Å². The first-order chi connectivity index (χ1) is 9.63. The monoisotopic (exact) mass is 281 g/mol. The predicted molar refractivity (Wildman–Crippen MR) is 67.9 cm³/mol. The Bertz CT molecular complexity index is 631. The van der Waals surface area contributed by atoms with Gasteiger partial charge in [0.05, 0.1) is 26.1 Å². The quantitative estimate of drug-likeness (QED) is 0.657. The van der Waals surface area contributed by atoms with Gasteiger partial charge in [-0.1, -0.05) is 0 Å². The van der Waals surface area contributed by atoms with Crippen molar-refractivity contribution in [3.63, 3.8) is 0 Å². The zero-order chi connectivity index (χ0) is 14.3. The van der Waals surface area contributed by atoms with Crippen LogP contribution in [0.2, 0.25) is 0 Å². The number of hydrogen-bond acceptors (Lipinski definition) is 8. The zero-order valence-corrected chi connectivity index (χ0v) is 10.8. The maximum atomic E-state index is 10.0. The van der Waals surface area contributed by atoms with Gasteiger partial charge in [-0.05, 0) is 0 Å². The van der Waals surface area contributed by atoms with Crippen molar-refractivity contribution < 1.29 is 19.7 Å². The molecule has 0 saturated carbocycles. The lowest BCUT2D eigenvalue weighted by Crippen LogP contribution is -2.19. The van der Waals surface area contributed by atoms with Gasteiger partial charge in [-0.2, -0.15) is 9.97 Å². The third kappa shape index (κ3) is 1.96. The van der Waals surface area contributed by atoms with E-state index in [1.54, 1.807) is 4.57 Å². The van der Waals surface area contributed by atoms with Gasteiger partial charge in [-0.3, -0.25) is 4.57 Å². The van der Waals surface area contributed by atoms with Crippen molar-refractivity contribution in [2.45, 2.75) is 24.9 Å². The molecule has 1 saturated heterocycles. The maximum absolute atomic E-state index is 10.0. The van der Waals surface area contributed by atoms with Gasteiger partial charge < -0.3 is 25.4 Å². The largest absolute Gasteiger partial charge is 0.467 e. The number of nitrogen functional groups attached to an aromatic ring is 1. The van der Waals surface area contributed by atoms with Gasteiger partial charge in [-0.25, -0.2) is 4.98 Å². The molecule has 3 heterocycles. The van der Waals surface area contributed by atoms with Crippen molar-refractivity contribution in [3.8, 4) is 6.01 Å². The lowest BCUT2D eigenvalue weighted by Gasteiger charge is -2.16. The molecule has 0 bridgehead atoms. The molecule has 3 rings (SSSR count). The maximum Gasteiger partial charge on any atom is 0.320 e. The highest BCUT2D eigenvalue weighted by Gasteiger charge is 2.36. The Kier molecular flexibility index (Phi) is 3.16. The highest BCUT2D eigenvalue weighted by atomic mass is 16.5. The summed E-state index contributed by atoms with van der Waals surface area (Å²) in [4.78, 5) is 12.2. The van der Waals surface area contributed by atoms with E-state index in [2.05, 4.69) is 15.0 Å². The smallest absolute Gasteiger partial charge is 0.320 e. The number of rotatable bonds is 3. The van der Waals surface area contributed by atoms with E-state index >= 15 is 0 Å². The van der Waals surface area contributed by atoms with Gasteiger partial charge in [0, 0.05) is 6.42 Å². The summed E-state index contributed by atoms with van der Waals surface area (Å²) in [5, 5.41) is 19.1. The second-order valence-corrected chi connectivity index (χ2v) is 4.55. The molecule has 3 atom stereocenters. The Hall–Kier alpha value is -1.97. The number of ether oxygens (including phenoxy) is 2. The summed E-state index contributed by atoms with van der Waals surface area (Å²) in [7, 11) is 1.43. The number of imidazole rings is 1. The molecule has 1 unspecified atom stereocenters. The Morgan fingerprint density at radius 2 is 2.35 bits per heavy atom. The van der Waals surface area contributed by atoms with Gasteiger partial charge in [0.15, 0.2) is 23.2 Å². The molecule has 0 amide bonds. The van der Waals surface area contributed by atoms with Crippen molar-refractivity contribution in [1.82, 2.24) is 19.5 Å². The Morgan fingerprint density at radius 1 is 1.55 bits per heavy atom. The lowest BCUT2D eigenvalue weighted by atomic mass is 10.2. The van der Waals surface area contributed by atoms with Crippen molar-refractivity contribution in [1.29, 1.82) is 0 Å².